The van der Waals surface area contributed by atoms with E-state index < -0.39 is 42.9 Å². The smallest absolute Gasteiger partial charge is 0.362 e. The molecule has 0 radical (unpaired) electrons. The maximum Gasteiger partial charge on any atom is 0.466 e. The molecule has 0 fully saturated rings. The fraction of sp³-hybridized carbons (Fsp3) is 0.333. The molecule has 2 aromatic rings. The SMILES string of the molecule is CCC(O)(O)c1ccccc1.CCC(O)(O)c1ccccc1.O=P(O)(O)O.O=P(O)(O)O.O=P(O)(O)O.O=P(O)(O)O. The van der Waals surface area contributed by atoms with E-state index in [2.05, 4.69) is 0 Å². The minimum atomic E-state index is -4.64. The molecule has 0 saturated carbocycles. The Labute approximate surface area is 239 Å². The zero-order chi connectivity index (χ0) is 34.6. The van der Waals surface area contributed by atoms with Crippen LogP contribution in [0.3, 0.4) is 0 Å². The number of rotatable bonds is 4. The van der Waals surface area contributed by atoms with Crippen molar-refractivity contribution in [2.45, 2.75) is 38.3 Å². The Balaban J connectivity index is -0.000000217. The predicted molar refractivity (Wildman–Crippen MR) is 143 cm³/mol. The normalized spacial score (nSPS) is 11.7. The van der Waals surface area contributed by atoms with Crippen LogP contribution in [0.15, 0.2) is 60.7 Å². The third-order valence-corrected chi connectivity index (χ3v) is 3.46. The van der Waals surface area contributed by atoms with Crippen molar-refractivity contribution in [2.24, 2.45) is 0 Å². The second-order valence-electron chi connectivity index (χ2n) is 7.13. The van der Waals surface area contributed by atoms with Gasteiger partial charge in [-0.05, 0) is 0 Å². The van der Waals surface area contributed by atoms with E-state index in [1.165, 1.54) is 0 Å². The zero-order valence-corrected chi connectivity index (χ0v) is 25.3. The minimum Gasteiger partial charge on any atom is -0.362 e. The van der Waals surface area contributed by atoms with Gasteiger partial charge in [0.05, 0.1) is 0 Å². The van der Waals surface area contributed by atoms with Crippen LogP contribution >= 0.6 is 31.3 Å². The van der Waals surface area contributed by atoms with Gasteiger partial charge in [-0.3, -0.25) is 0 Å². The Morgan fingerprint density at radius 2 is 0.571 bits per heavy atom. The molecule has 20 nitrogen and oxygen atoms in total. The Hall–Kier alpha value is -1.28. The molecule has 0 aliphatic heterocycles. The lowest BCUT2D eigenvalue weighted by atomic mass is 10.0. The lowest BCUT2D eigenvalue weighted by Crippen LogP contribution is -2.23. The maximum absolute atomic E-state index is 9.35. The summed E-state index contributed by atoms with van der Waals surface area (Å²) in [5.41, 5.74) is 1.09. The Kier molecular flexibility index (Phi) is 24.3. The third-order valence-electron chi connectivity index (χ3n) is 3.46. The van der Waals surface area contributed by atoms with Crippen LogP contribution in [0.1, 0.15) is 37.8 Å². The molecule has 42 heavy (non-hydrogen) atoms. The molecule has 0 unspecified atom stereocenters. The fourth-order valence-electron chi connectivity index (χ4n) is 1.82. The van der Waals surface area contributed by atoms with Crippen molar-refractivity contribution >= 4 is 31.3 Å². The molecule has 0 amide bonds. The second kappa shape index (κ2) is 21.4. The van der Waals surface area contributed by atoms with Crippen LogP contribution < -0.4 is 0 Å². The third kappa shape index (κ3) is 51.5. The van der Waals surface area contributed by atoms with Gasteiger partial charge in [0.1, 0.15) is 0 Å². The Morgan fingerprint density at radius 1 is 0.429 bits per heavy atom. The van der Waals surface area contributed by atoms with Crippen LogP contribution in [0.25, 0.3) is 0 Å². The van der Waals surface area contributed by atoms with Crippen molar-refractivity contribution in [1.82, 2.24) is 0 Å². The van der Waals surface area contributed by atoms with Gasteiger partial charge in [-0.25, -0.2) is 18.3 Å². The summed E-state index contributed by atoms with van der Waals surface area (Å²) in [5, 5.41) is 37.4. The van der Waals surface area contributed by atoms with Gasteiger partial charge in [0.2, 0.25) is 0 Å². The molecule has 248 valence electrons. The topological polar surface area (TPSA) is 392 Å². The van der Waals surface area contributed by atoms with Gasteiger partial charge in [-0.1, -0.05) is 74.5 Å². The minimum absolute atomic E-state index is 0.303. The van der Waals surface area contributed by atoms with Gasteiger partial charge in [0, 0.05) is 24.0 Å². The summed E-state index contributed by atoms with van der Waals surface area (Å²) < 4.78 is 35.5. The second-order valence-corrected chi connectivity index (χ2v) is 11.2. The van der Waals surface area contributed by atoms with E-state index in [9.17, 15) is 20.4 Å². The predicted octanol–water partition coefficient (Wildman–Crippen LogP) is -1.25. The van der Waals surface area contributed by atoms with Crippen molar-refractivity contribution in [3.05, 3.63) is 71.8 Å². The van der Waals surface area contributed by atoms with Crippen LogP contribution in [0.2, 0.25) is 0 Å². The fourth-order valence-corrected chi connectivity index (χ4v) is 1.82. The monoisotopic (exact) mass is 696 g/mol. The van der Waals surface area contributed by atoms with E-state index in [1.54, 1.807) is 62.4 Å². The molecule has 0 aliphatic carbocycles. The molecule has 0 saturated heterocycles. The van der Waals surface area contributed by atoms with Crippen LogP contribution in [0, 0.1) is 0 Å². The molecule has 0 atom stereocenters. The summed E-state index contributed by atoms with van der Waals surface area (Å²) >= 11 is 0. The van der Waals surface area contributed by atoms with E-state index in [0.717, 1.165) is 0 Å². The molecule has 0 spiro atoms. The van der Waals surface area contributed by atoms with E-state index >= 15 is 0 Å². The summed E-state index contributed by atoms with van der Waals surface area (Å²) in [6.45, 7) is 3.46. The summed E-state index contributed by atoms with van der Waals surface area (Å²) in [4.78, 5) is 86.2. The number of hydrogen-bond acceptors (Lipinski definition) is 8. The van der Waals surface area contributed by atoms with Crippen LogP contribution in [-0.2, 0) is 29.8 Å². The Morgan fingerprint density at radius 3 is 0.690 bits per heavy atom. The molecule has 24 heteroatoms. The summed E-state index contributed by atoms with van der Waals surface area (Å²) in [7, 11) is -18.6. The molecule has 0 heterocycles. The first-order chi connectivity index (χ1) is 18.3. The average Bonchev–Trinajstić information content (AvgIpc) is 2.76. The molecular formula is C18H36O20P4. The van der Waals surface area contributed by atoms with Gasteiger partial charge in [0.25, 0.3) is 0 Å². The average molecular weight is 696 g/mol. The Bertz CT molecular complexity index is 972. The van der Waals surface area contributed by atoms with Crippen LogP contribution in [0.4, 0.5) is 0 Å². The highest BCUT2D eigenvalue weighted by Gasteiger charge is 2.22. The first kappa shape index (κ1) is 47.6. The highest BCUT2D eigenvalue weighted by molar-refractivity contribution is 7.45. The lowest BCUT2D eigenvalue weighted by Gasteiger charge is -2.19. The van der Waals surface area contributed by atoms with Gasteiger partial charge in [-0.15, -0.1) is 0 Å². The zero-order valence-electron chi connectivity index (χ0n) is 21.8. The molecule has 0 aliphatic rings. The first-order valence-electron chi connectivity index (χ1n) is 10.5. The molecule has 2 aromatic carbocycles. The lowest BCUT2D eigenvalue weighted by molar-refractivity contribution is -0.171. The standard InChI is InChI=1S/2C9H12O2.4H3O4P/c2*1-2-9(10,11)8-6-4-3-5-7-8;4*1-5(2,3)4/h2*3-7,10-11H,2H2,1H3;4*(H3,1,2,3,4). The molecule has 2 rings (SSSR count). The van der Waals surface area contributed by atoms with E-state index in [4.69, 9.17) is 77.0 Å². The highest BCUT2D eigenvalue weighted by Crippen LogP contribution is 2.27. The summed E-state index contributed by atoms with van der Waals surface area (Å²) in [6.07, 6.45) is 0.605. The number of hydrogen-bond donors (Lipinski definition) is 16. The van der Waals surface area contributed by atoms with Gasteiger partial charge in [-0.2, -0.15) is 0 Å². The van der Waals surface area contributed by atoms with Crippen LogP contribution in [-0.4, -0.2) is 79.1 Å². The largest absolute Gasteiger partial charge is 0.466 e. The van der Waals surface area contributed by atoms with Crippen molar-refractivity contribution < 1.29 is 97.4 Å². The highest BCUT2D eigenvalue weighted by atomic mass is 31.2. The van der Waals surface area contributed by atoms with Crippen molar-refractivity contribution in [3.63, 3.8) is 0 Å². The summed E-state index contributed by atoms with van der Waals surface area (Å²) in [5.74, 6) is -3.33. The van der Waals surface area contributed by atoms with E-state index in [-0.39, 0.29) is 0 Å². The molecular weight excluding hydrogens is 660 g/mol. The maximum atomic E-state index is 9.35. The molecule has 0 bridgehead atoms. The number of phosphoric acid groups is 4. The first-order valence-corrected chi connectivity index (χ1v) is 16.7. The quantitative estimate of drug-likeness (QED) is 0.131. The molecule has 16 N–H and O–H groups in total. The van der Waals surface area contributed by atoms with E-state index in [1.807, 2.05) is 12.1 Å². The van der Waals surface area contributed by atoms with Crippen molar-refractivity contribution in [2.75, 3.05) is 0 Å². The summed E-state index contributed by atoms with van der Waals surface area (Å²) in [6, 6.07) is 17.6. The van der Waals surface area contributed by atoms with Gasteiger partial charge >= 0.3 is 31.3 Å². The molecule has 0 aromatic heterocycles. The van der Waals surface area contributed by atoms with Gasteiger partial charge in [0.15, 0.2) is 11.6 Å². The van der Waals surface area contributed by atoms with Crippen LogP contribution in [0.5, 0.6) is 0 Å². The number of aliphatic hydroxyl groups is 4. The van der Waals surface area contributed by atoms with Crippen molar-refractivity contribution in [1.29, 1.82) is 0 Å². The van der Waals surface area contributed by atoms with E-state index in [0.29, 0.717) is 24.0 Å². The number of benzene rings is 2. The van der Waals surface area contributed by atoms with Crippen molar-refractivity contribution in [3.8, 4) is 0 Å². The van der Waals surface area contributed by atoms with Gasteiger partial charge < -0.3 is 79.1 Å².